The molecule has 1 aliphatic carbocycles. The van der Waals surface area contributed by atoms with Crippen LogP contribution in [0.25, 0.3) is 0 Å². The van der Waals surface area contributed by atoms with Gasteiger partial charge in [0.15, 0.2) is 0 Å². The fraction of sp³-hybridized carbons (Fsp3) is 0.615. The van der Waals surface area contributed by atoms with Crippen molar-refractivity contribution in [1.29, 1.82) is 0 Å². The van der Waals surface area contributed by atoms with E-state index in [2.05, 4.69) is 23.8 Å². The predicted molar refractivity (Wildman–Crippen MR) is 63.5 cm³/mol. The van der Waals surface area contributed by atoms with E-state index in [0.717, 1.165) is 24.8 Å². The maximum Gasteiger partial charge on any atom is 0.307 e. The van der Waals surface area contributed by atoms with E-state index in [1.165, 1.54) is 6.33 Å². The molecular formula is C13H18N2O2. The zero-order valence-corrected chi connectivity index (χ0v) is 10.3. The zero-order chi connectivity index (χ0) is 12.5. The Labute approximate surface area is 101 Å². The number of aliphatic carboxylic acids is 1. The summed E-state index contributed by atoms with van der Waals surface area (Å²) in [5, 5.41) is 9.30. The van der Waals surface area contributed by atoms with Gasteiger partial charge in [-0.2, -0.15) is 0 Å². The van der Waals surface area contributed by atoms with Crippen LogP contribution < -0.4 is 0 Å². The van der Waals surface area contributed by atoms with Gasteiger partial charge >= 0.3 is 5.97 Å². The topological polar surface area (TPSA) is 63.1 Å². The second-order valence-corrected chi connectivity index (χ2v) is 5.63. The molecule has 0 aromatic carbocycles. The molecule has 1 N–H and O–H groups in total. The van der Waals surface area contributed by atoms with Gasteiger partial charge in [0, 0.05) is 18.3 Å². The van der Waals surface area contributed by atoms with Crippen molar-refractivity contribution in [1.82, 2.24) is 9.97 Å². The van der Waals surface area contributed by atoms with Crippen LogP contribution in [0.4, 0.5) is 0 Å². The average Bonchev–Trinajstić information content (AvgIpc) is 2.28. The second kappa shape index (κ2) is 4.43. The monoisotopic (exact) mass is 234 g/mol. The summed E-state index contributed by atoms with van der Waals surface area (Å²) in [6.45, 7) is 4.39. The van der Waals surface area contributed by atoms with Gasteiger partial charge in [-0.25, -0.2) is 9.97 Å². The molecule has 0 bridgehead atoms. The standard InChI is InChI=1S/C13H18N2O2/c1-13(2)4-3-10(12(16)17)11(5-13)9-6-14-8-15-7-9/h6-8,10-11H,3-5H2,1-2H3,(H,16,17). The van der Waals surface area contributed by atoms with E-state index in [1.54, 1.807) is 12.4 Å². The summed E-state index contributed by atoms with van der Waals surface area (Å²) in [6, 6.07) is 0. The third kappa shape index (κ3) is 2.62. The van der Waals surface area contributed by atoms with Gasteiger partial charge in [-0.05, 0) is 30.2 Å². The van der Waals surface area contributed by atoms with Crippen molar-refractivity contribution in [3.63, 3.8) is 0 Å². The van der Waals surface area contributed by atoms with Crippen molar-refractivity contribution in [2.24, 2.45) is 11.3 Å². The van der Waals surface area contributed by atoms with Gasteiger partial charge in [-0.15, -0.1) is 0 Å². The first-order valence-electron chi connectivity index (χ1n) is 5.97. The SMILES string of the molecule is CC1(C)CCC(C(=O)O)C(c2cncnc2)C1. The van der Waals surface area contributed by atoms with E-state index in [9.17, 15) is 9.90 Å². The van der Waals surface area contributed by atoms with Gasteiger partial charge in [0.2, 0.25) is 0 Å². The Morgan fingerprint density at radius 3 is 2.65 bits per heavy atom. The number of aromatic nitrogens is 2. The predicted octanol–water partition coefficient (Wildman–Crippen LogP) is 2.47. The molecule has 4 nitrogen and oxygen atoms in total. The normalized spacial score (nSPS) is 27.6. The summed E-state index contributed by atoms with van der Waals surface area (Å²) in [5.74, 6) is -0.958. The number of rotatable bonds is 2. The largest absolute Gasteiger partial charge is 0.481 e. The molecular weight excluding hydrogens is 216 g/mol. The molecule has 0 saturated heterocycles. The van der Waals surface area contributed by atoms with E-state index in [1.807, 2.05) is 0 Å². The molecule has 1 aromatic rings. The third-order valence-electron chi connectivity index (χ3n) is 3.72. The minimum Gasteiger partial charge on any atom is -0.481 e. The highest BCUT2D eigenvalue weighted by Crippen LogP contribution is 2.46. The molecule has 0 amide bonds. The van der Waals surface area contributed by atoms with Crippen LogP contribution in [0.5, 0.6) is 0 Å². The number of carboxylic acid groups (broad SMARTS) is 1. The molecule has 1 aliphatic rings. The lowest BCUT2D eigenvalue weighted by molar-refractivity contribution is -0.144. The van der Waals surface area contributed by atoms with E-state index in [4.69, 9.17) is 0 Å². The summed E-state index contributed by atoms with van der Waals surface area (Å²) < 4.78 is 0. The van der Waals surface area contributed by atoms with Crippen LogP contribution in [0.2, 0.25) is 0 Å². The molecule has 1 fully saturated rings. The van der Waals surface area contributed by atoms with Crippen LogP contribution in [0.3, 0.4) is 0 Å². The molecule has 0 radical (unpaired) electrons. The van der Waals surface area contributed by atoms with Crippen molar-refractivity contribution >= 4 is 5.97 Å². The molecule has 0 spiro atoms. The molecule has 92 valence electrons. The number of carboxylic acids is 1. The number of nitrogens with zero attached hydrogens (tertiary/aromatic N) is 2. The van der Waals surface area contributed by atoms with Gasteiger partial charge in [0.25, 0.3) is 0 Å². The Kier molecular flexibility index (Phi) is 3.13. The fourth-order valence-electron chi connectivity index (χ4n) is 2.73. The molecule has 17 heavy (non-hydrogen) atoms. The Bertz CT molecular complexity index is 403. The van der Waals surface area contributed by atoms with E-state index in [-0.39, 0.29) is 17.3 Å². The molecule has 4 heteroatoms. The molecule has 1 heterocycles. The van der Waals surface area contributed by atoms with Crippen molar-refractivity contribution < 1.29 is 9.90 Å². The summed E-state index contributed by atoms with van der Waals surface area (Å²) >= 11 is 0. The van der Waals surface area contributed by atoms with Crippen LogP contribution in [0, 0.1) is 11.3 Å². The van der Waals surface area contributed by atoms with Crippen molar-refractivity contribution in [3.05, 3.63) is 24.3 Å². The van der Waals surface area contributed by atoms with Crippen molar-refractivity contribution in [2.45, 2.75) is 39.0 Å². The van der Waals surface area contributed by atoms with E-state index in [0.29, 0.717) is 0 Å². The summed E-state index contributed by atoms with van der Waals surface area (Å²) in [5.41, 5.74) is 1.15. The van der Waals surface area contributed by atoms with Crippen molar-refractivity contribution in [3.8, 4) is 0 Å². The summed E-state index contributed by atoms with van der Waals surface area (Å²) in [6.07, 6.45) is 7.56. The molecule has 0 aliphatic heterocycles. The number of hydrogen-bond acceptors (Lipinski definition) is 3. The van der Waals surface area contributed by atoms with Crippen molar-refractivity contribution in [2.75, 3.05) is 0 Å². The van der Waals surface area contributed by atoms with Crippen LogP contribution in [-0.2, 0) is 4.79 Å². The summed E-state index contributed by atoms with van der Waals surface area (Å²) in [7, 11) is 0. The lowest BCUT2D eigenvalue weighted by Crippen LogP contribution is -2.33. The van der Waals surface area contributed by atoms with Gasteiger partial charge in [0.05, 0.1) is 5.92 Å². The minimum absolute atomic E-state index is 0.0393. The molecule has 1 aromatic heterocycles. The Balaban J connectivity index is 2.29. The van der Waals surface area contributed by atoms with Crippen LogP contribution in [0.15, 0.2) is 18.7 Å². The first-order chi connectivity index (χ1) is 7.99. The maximum atomic E-state index is 11.3. The first kappa shape index (κ1) is 12.0. The van der Waals surface area contributed by atoms with Crippen LogP contribution in [0.1, 0.15) is 44.6 Å². The van der Waals surface area contributed by atoms with Gasteiger partial charge in [-0.1, -0.05) is 13.8 Å². The Morgan fingerprint density at radius 1 is 1.41 bits per heavy atom. The highest BCUT2D eigenvalue weighted by molar-refractivity contribution is 5.71. The van der Waals surface area contributed by atoms with Crippen LogP contribution in [-0.4, -0.2) is 21.0 Å². The minimum atomic E-state index is -0.700. The van der Waals surface area contributed by atoms with E-state index < -0.39 is 5.97 Å². The fourth-order valence-corrected chi connectivity index (χ4v) is 2.73. The smallest absolute Gasteiger partial charge is 0.307 e. The molecule has 2 unspecified atom stereocenters. The third-order valence-corrected chi connectivity index (χ3v) is 3.72. The zero-order valence-electron chi connectivity index (χ0n) is 10.3. The molecule has 2 atom stereocenters. The van der Waals surface area contributed by atoms with Gasteiger partial charge in [0.1, 0.15) is 6.33 Å². The lowest BCUT2D eigenvalue weighted by atomic mass is 9.65. The quantitative estimate of drug-likeness (QED) is 0.853. The molecule has 2 rings (SSSR count). The Hall–Kier alpha value is -1.45. The maximum absolute atomic E-state index is 11.3. The second-order valence-electron chi connectivity index (χ2n) is 5.63. The Morgan fingerprint density at radius 2 is 2.06 bits per heavy atom. The highest BCUT2D eigenvalue weighted by Gasteiger charge is 2.39. The lowest BCUT2D eigenvalue weighted by Gasteiger charge is -2.39. The van der Waals surface area contributed by atoms with Gasteiger partial charge < -0.3 is 5.11 Å². The van der Waals surface area contributed by atoms with E-state index >= 15 is 0 Å². The average molecular weight is 234 g/mol. The van der Waals surface area contributed by atoms with Gasteiger partial charge in [-0.3, -0.25) is 4.79 Å². The van der Waals surface area contributed by atoms with Crippen LogP contribution >= 0.6 is 0 Å². The number of hydrogen-bond donors (Lipinski definition) is 1. The molecule has 1 saturated carbocycles. The highest BCUT2D eigenvalue weighted by atomic mass is 16.4. The first-order valence-corrected chi connectivity index (χ1v) is 5.97. The number of carbonyl (C=O) groups is 1. The summed E-state index contributed by atoms with van der Waals surface area (Å²) in [4.78, 5) is 19.3.